The molecule has 0 aliphatic rings. The fourth-order valence-corrected chi connectivity index (χ4v) is 2.75. The van der Waals surface area contributed by atoms with Gasteiger partial charge in [-0.2, -0.15) is 5.11 Å². The minimum atomic E-state index is -1.26. The summed E-state index contributed by atoms with van der Waals surface area (Å²) in [5, 5.41) is 29.7. The van der Waals surface area contributed by atoms with E-state index in [1.54, 1.807) is 24.3 Å². The van der Waals surface area contributed by atoms with Gasteiger partial charge in [0.1, 0.15) is 11.3 Å². The second-order valence-corrected chi connectivity index (χ2v) is 6.09. The molecule has 0 saturated heterocycles. The highest BCUT2D eigenvalue weighted by atomic mass is 16.4. The second kappa shape index (κ2) is 9.61. The summed E-state index contributed by atoms with van der Waals surface area (Å²) in [7, 11) is 0. The van der Waals surface area contributed by atoms with Crippen LogP contribution in [-0.2, 0) is 0 Å². The summed E-state index contributed by atoms with van der Waals surface area (Å²) < 4.78 is 0. The Kier molecular flexibility index (Phi) is 7.22. The highest BCUT2D eigenvalue weighted by molar-refractivity contribution is 5.99. The van der Waals surface area contributed by atoms with E-state index in [1.807, 2.05) is 20.8 Å². The van der Waals surface area contributed by atoms with Gasteiger partial charge in [-0.15, -0.1) is 5.11 Å². The van der Waals surface area contributed by atoms with Crippen LogP contribution in [0.2, 0.25) is 0 Å². The van der Waals surface area contributed by atoms with E-state index < -0.39 is 5.97 Å². The van der Waals surface area contributed by atoms with Crippen LogP contribution in [0.1, 0.15) is 41.5 Å². The van der Waals surface area contributed by atoms with Crippen molar-refractivity contribution in [1.29, 1.82) is 0 Å². The molecule has 3 N–H and O–H groups in total. The number of azo groups is 1. The van der Waals surface area contributed by atoms with Gasteiger partial charge in [0.25, 0.3) is 5.91 Å². The van der Waals surface area contributed by atoms with Gasteiger partial charge in [0.05, 0.1) is 23.1 Å². The van der Waals surface area contributed by atoms with Crippen LogP contribution < -0.4 is 5.32 Å². The number of hydrogen-bond donors (Lipinski definition) is 3. The molecular formula is C20H24N4O4. The van der Waals surface area contributed by atoms with Gasteiger partial charge in [0, 0.05) is 0 Å². The number of nitrogens with one attached hydrogen (secondary N) is 1. The van der Waals surface area contributed by atoms with Gasteiger partial charge in [-0.3, -0.25) is 9.69 Å². The third-order valence-electron chi connectivity index (χ3n) is 4.33. The van der Waals surface area contributed by atoms with E-state index in [2.05, 4.69) is 20.4 Å². The lowest BCUT2D eigenvalue weighted by molar-refractivity contribution is 0.0693. The summed E-state index contributed by atoms with van der Waals surface area (Å²) >= 11 is 0. The summed E-state index contributed by atoms with van der Waals surface area (Å²) in [6, 6.07) is 10.7. The summed E-state index contributed by atoms with van der Waals surface area (Å²) in [4.78, 5) is 25.9. The number of benzene rings is 2. The van der Waals surface area contributed by atoms with Crippen molar-refractivity contribution >= 4 is 23.3 Å². The number of hydrogen-bond acceptors (Lipinski definition) is 6. The molecule has 0 heterocycles. The number of rotatable bonds is 8. The molecule has 0 bridgehead atoms. The molecule has 1 unspecified atom stereocenters. The number of aromatic hydroxyl groups is 1. The zero-order valence-corrected chi connectivity index (χ0v) is 16.1. The molecule has 0 aromatic heterocycles. The minimum absolute atomic E-state index is 0.136. The Morgan fingerprint density at radius 2 is 1.75 bits per heavy atom. The van der Waals surface area contributed by atoms with Crippen LogP contribution >= 0.6 is 0 Å². The van der Waals surface area contributed by atoms with Crippen LogP contribution in [0.25, 0.3) is 0 Å². The predicted molar refractivity (Wildman–Crippen MR) is 106 cm³/mol. The van der Waals surface area contributed by atoms with Gasteiger partial charge in [-0.05, 0) is 50.3 Å². The van der Waals surface area contributed by atoms with Gasteiger partial charge in [-0.1, -0.05) is 26.0 Å². The lowest BCUT2D eigenvalue weighted by atomic mass is 10.1. The number of phenols is 1. The standard InChI is InChI=1S/C20H24N4O4/c1-4-24(5-2)13(3)21-19(26)15-8-6-7-9-17(15)23-22-14-10-11-18(25)16(12-14)20(27)28/h6-13,25H,4-5H2,1-3H3,(H,21,26)(H,27,28). The third-order valence-corrected chi connectivity index (χ3v) is 4.33. The van der Waals surface area contributed by atoms with E-state index in [0.29, 0.717) is 11.3 Å². The van der Waals surface area contributed by atoms with Crippen LogP contribution in [0.3, 0.4) is 0 Å². The van der Waals surface area contributed by atoms with Crippen molar-refractivity contribution in [2.24, 2.45) is 10.2 Å². The maximum atomic E-state index is 12.7. The number of carbonyl (C=O) groups excluding carboxylic acids is 1. The Balaban J connectivity index is 2.24. The van der Waals surface area contributed by atoms with Gasteiger partial charge in [0.2, 0.25) is 0 Å². The van der Waals surface area contributed by atoms with Crippen molar-refractivity contribution in [3.63, 3.8) is 0 Å². The summed E-state index contributed by atoms with van der Waals surface area (Å²) in [5.74, 6) is -1.89. The third kappa shape index (κ3) is 5.14. The molecule has 8 nitrogen and oxygen atoms in total. The van der Waals surface area contributed by atoms with E-state index >= 15 is 0 Å². The highest BCUT2D eigenvalue weighted by Gasteiger charge is 2.17. The van der Waals surface area contributed by atoms with Crippen molar-refractivity contribution in [2.45, 2.75) is 26.9 Å². The molecule has 0 aliphatic heterocycles. The Hall–Kier alpha value is -3.26. The van der Waals surface area contributed by atoms with E-state index in [-0.39, 0.29) is 29.1 Å². The Morgan fingerprint density at radius 1 is 1.07 bits per heavy atom. The molecule has 2 aromatic carbocycles. The minimum Gasteiger partial charge on any atom is -0.507 e. The first-order valence-corrected chi connectivity index (χ1v) is 8.99. The number of aromatic carboxylic acids is 1. The van der Waals surface area contributed by atoms with E-state index in [4.69, 9.17) is 5.11 Å². The molecule has 0 saturated carbocycles. The fraction of sp³-hybridized carbons (Fsp3) is 0.300. The topological polar surface area (TPSA) is 115 Å². The first-order chi connectivity index (χ1) is 13.4. The van der Waals surface area contributed by atoms with Crippen LogP contribution in [0.4, 0.5) is 11.4 Å². The van der Waals surface area contributed by atoms with Gasteiger partial charge < -0.3 is 15.5 Å². The Labute approximate surface area is 163 Å². The molecule has 148 valence electrons. The zero-order valence-electron chi connectivity index (χ0n) is 16.1. The number of amides is 1. The molecular weight excluding hydrogens is 360 g/mol. The van der Waals surface area contributed by atoms with Crippen LogP contribution in [-0.4, -0.2) is 46.2 Å². The highest BCUT2D eigenvalue weighted by Crippen LogP contribution is 2.26. The molecule has 2 rings (SSSR count). The molecule has 2 aromatic rings. The van der Waals surface area contributed by atoms with Crippen molar-refractivity contribution in [2.75, 3.05) is 13.1 Å². The molecule has 0 fully saturated rings. The quantitative estimate of drug-likeness (QED) is 0.471. The smallest absolute Gasteiger partial charge is 0.339 e. The van der Waals surface area contributed by atoms with Gasteiger partial charge in [-0.25, -0.2) is 4.79 Å². The van der Waals surface area contributed by atoms with Gasteiger partial charge in [0.15, 0.2) is 0 Å². The first kappa shape index (κ1) is 21.0. The van der Waals surface area contributed by atoms with Crippen molar-refractivity contribution in [3.05, 3.63) is 53.6 Å². The van der Waals surface area contributed by atoms with Crippen molar-refractivity contribution in [3.8, 4) is 5.75 Å². The number of nitrogens with zero attached hydrogens (tertiary/aromatic N) is 3. The van der Waals surface area contributed by atoms with E-state index in [0.717, 1.165) is 13.1 Å². The SMILES string of the molecule is CCN(CC)C(C)NC(=O)c1ccccc1N=Nc1ccc(O)c(C(=O)O)c1. The van der Waals surface area contributed by atoms with Crippen LogP contribution in [0.15, 0.2) is 52.7 Å². The average Bonchev–Trinajstić information content (AvgIpc) is 2.68. The predicted octanol–water partition coefficient (Wildman–Crippen LogP) is 3.92. The molecule has 0 aliphatic carbocycles. The molecule has 1 atom stereocenters. The molecule has 28 heavy (non-hydrogen) atoms. The fourth-order valence-electron chi connectivity index (χ4n) is 2.75. The van der Waals surface area contributed by atoms with E-state index in [9.17, 15) is 14.7 Å². The monoisotopic (exact) mass is 384 g/mol. The van der Waals surface area contributed by atoms with Crippen LogP contribution in [0, 0.1) is 0 Å². The van der Waals surface area contributed by atoms with Crippen molar-refractivity contribution in [1.82, 2.24) is 10.2 Å². The Bertz CT molecular complexity index is 878. The lowest BCUT2D eigenvalue weighted by Crippen LogP contribution is -2.46. The van der Waals surface area contributed by atoms with E-state index in [1.165, 1.54) is 18.2 Å². The number of carbonyl (C=O) groups is 2. The van der Waals surface area contributed by atoms with Gasteiger partial charge >= 0.3 is 5.97 Å². The lowest BCUT2D eigenvalue weighted by Gasteiger charge is -2.27. The summed E-state index contributed by atoms with van der Waals surface area (Å²) in [6.07, 6.45) is -0.136. The molecule has 1 amide bonds. The zero-order chi connectivity index (χ0) is 20.7. The normalized spacial score (nSPS) is 12.3. The largest absolute Gasteiger partial charge is 0.507 e. The maximum absolute atomic E-state index is 12.7. The number of carboxylic acid groups (broad SMARTS) is 1. The summed E-state index contributed by atoms with van der Waals surface area (Å²) in [6.45, 7) is 7.59. The van der Waals surface area contributed by atoms with Crippen molar-refractivity contribution < 1.29 is 19.8 Å². The summed E-state index contributed by atoms with van der Waals surface area (Å²) in [5.41, 5.74) is 0.705. The Morgan fingerprint density at radius 3 is 2.39 bits per heavy atom. The molecule has 0 spiro atoms. The maximum Gasteiger partial charge on any atom is 0.339 e. The second-order valence-electron chi connectivity index (χ2n) is 6.09. The first-order valence-electron chi connectivity index (χ1n) is 8.99. The average molecular weight is 384 g/mol. The number of carboxylic acids is 1. The van der Waals surface area contributed by atoms with Crippen LogP contribution in [0.5, 0.6) is 5.75 Å². The molecule has 0 radical (unpaired) electrons. The molecule has 8 heteroatoms.